The summed E-state index contributed by atoms with van der Waals surface area (Å²) in [5.41, 5.74) is 0.985. The molecule has 1 N–H and O–H groups in total. The Kier molecular flexibility index (Phi) is 4.26. The Hall–Kier alpha value is -2.12. The predicted molar refractivity (Wildman–Crippen MR) is 85.8 cm³/mol. The van der Waals surface area contributed by atoms with Crippen molar-refractivity contribution in [3.63, 3.8) is 0 Å². The van der Waals surface area contributed by atoms with Crippen LogP contribution in [-0.2, 0) is 4.79 Å². The fraction of sp³-hybridized carbons (Fsp3) is 0.214. The number of carbonyl (C=O) groups excluding carboxylic acids is 1. The number of anilines is 1. The summed E-state index contributed by atoms with van der Waals surface area (Å²) >= 11 is 7.27. The van der Waals surface area contributed by atoms with Crippen LogP contribution in [0.15, 0.2) is 29.6 Å². The van der Waals surface area contributed by atoms with Crippen molar-refractivity contribution < 1.29 is 9.53 Å². The molecule has 0 atom stereocenters. The molecule has 0 unspecified atom stereocenters. The lowest BCUT2D eigenvalue weighted by atomic mass is 10.3. The van der Waals surface area contributed by atoms with Gasteiger partial charge in [0.25, 0.3) is 0 Å². The van der Waals surface area contributed by atoms with Gasteiger partial charge in [-0.05, 0) is 31.2 Å². The molecule has 2 heterocycles. The topological polar surface area (TPSA) is 68.5 Å². The standard InChI is InChI=1S/C14H13ClN4O2S/c1-9-8-22-14-17-13(18-19(9)14)16-12(20)6-7-21-11-4-2-10(15)3-5-11/h2-5,8H,6-7H2,1H3,(H,16,18,20). The second-order valence-electron chi connectivity index (χ2n) is 4.61. The molecule has 0 aliphatic heterocycles. The van der Waals surface area contributed by atoms with Gasteiger partial charge in [0.05, 0.1) is 18.7 Å². The highest BCUT2D eigenvalue weighted by molar-refractivity contribution is 7.15. The summed E-state index contributed by atoms with van der Waals surface area (Å²) in [6, 6.07) is 6.99. The zero-order chi connectivity index (χ0) is 15.5. The Morgan fingerprint density at radius 1 is 1.41 bits per heavy atom. The van der Waals surface area contributed by atoms with Crippen molar-refractivity contribution in [1.29, 1.82) is 0 Å². The van der Waals surface area contributed by atoms with Crippen LogP contribution in [0.4, 0.5) is 5.95 Å². The van der Waals surface area contributed by atoms with E-state index in [1.54, 1.807) is 28.8 Å². The lowest BCUT2D eigenvalue weighted by Gasteiger charge is -2.05. The van der Waals surface area contributed by atoms with E-state index in [2.05, 4.69) is 15.4 Å². The summed E-state index contributed by atoms with van der Waals surface area (Å²) in [5, 5.41) is 9.48. The lowest BCUT2D eigenvalue weighted by molar-refractivity contribution is -0.116. The lowest BCUT2D eigenvalue weighted by Crippen LogP contribution is -2.16. The molecule has 0 fully saturated rings. The minimum Gasteiger partial charge on any atom is -0.493 e. The third-order valence-corrected chi connectivity index (χ3v) is 4.10. The van der Waals surface area contributed by atoms with Gasteiger partial charge in [0, 0.05) is 10.4 Å². The number of nitrogens with zero attached hydrogens (tertiary/aromatic N) is 3. The van der Waals surface area contributed by atoms with E-state index >= 15 is 0 Å². The fourth-order valence-corrected chi connectivity index (χ4v) is 2.75. The average molecular weight is 337 g/mol. The van der Waals surface area contributed by atoms with Crippen LogP contribution in [0.1, 0.15) is 12.1 Å². The smallest absolute Gasteiger partial charge is 0.250 e. The van der Waals surface area contributed by atoms with Crippen molar-refractivity contribution in [2.75, 3.05) is 11.9 Å². The molecule has 2 aromatic heterocycles. The zero-order valence-electron chi connectivity index (χ0n) is 11.7. The van der Waals surface area contributed by atoms with Crippen LogP contribution in [0.25, 0.3) is 4.96 Å². The van der Waals surface area contributed by atoms with Crippen molar-refractivity contribution in [2.24, 2.45) is 0 Å². The number of amides is 1. The van der Waals surface area contributed by atoms with Gasteiger partial charge in [-0.15, -0.1) is 16.4 Å². The fourth-order valence-electron chi connectivity index (χ4n) is 1.82. The second-order valence-corrected chi connectivity index (χ2v) is 5.88. The number of ether oxygens (including phenoxy) is 1. The molecule has 0 aliphatic rings. The highest BCUT2D eigenvalue weighted by Crippen LogP contribution is 2.16. The predicted octanol–water partition coefficient (Wildman–Crippen LogP) is 3.16. The van der Waals surface area contributed by atoms with E-state index in [-0.39, 0.29) is 18.9 Å². The highest BCUT2D eigenvalue weighted by Gasteiger charge is 2.10. The third-order valence-electron chi connectivity index (χ3n) is 2.91. The van der Waals surface area contributed by atoms with Crippen molar-refractivity contribution in [2.45, 2.75) is 13.3 Å². The molecular weight excluding hydrogens is 324 g/mol. The van der Waals surface area contributed by atoms with Crippen LogP contribution in [0.2, 0.25) is 5.02 Å². The maximum Gasteiger partial charge on any atom is 0.250 e. The SMILES string of the molecule is Cc1csc2nc(NC(=O)CCOc3ccc(Cl)cc3)nn12. The highest BCUT2D eigenvalue weighted by atomic mass is 35.5. The minimum absolute atomic E-state index is 0.190. The first-order valence-electron chi connectivity index (χ1n) is 6.61. The molecule has 0 spiro atoms. The molecule has 22 heavy (non-hydrogen) atoms. The van der Waals surface area contributed by atoms with Gasteiger partial charge in [-0.2, -0.15) is 4.98 Å². The molecule has 1 aromatic carbocycles. The minimum atomic E-state index is -0.190. The van der Waals surface area contributed by atoms with Crippen LogP contribution < -0.4 is 10.1 Å². The van der Waals surface area contributed by atoms with Gasteiger partial charge in [-0.25, -0.2) is 4.52 Å². The molecule has 3 rings (SSSR count). The molecule has 3 aromatic rings. The normalized spacial score (nSPS) is 10.8. The van der Waals surface area contributed by atoms with Gasteiger partial charge in [-0.3, -0.25) is 10.1 Å². The van der Waals surface area contributed by atoms with Crippen LogP contribution in [0, 0.1) is 6.92 Å². The number of hydrogen-bond acceptors (Lipinski definition) is 5. The Morgan fingerprint density at radius 3 is 2.91 bits per heavy atom. The van der Waals surface area contributed by atoms with Gasteiger partial charge in [0.2, 0.25) is 16.8 Å². The number of thiazole rings is 1. The Bertz CT molecular complexity index is 797. The summed E-state index contributed by atoms with van der Waals surface area (Å²) in [6.07, 6.45) is 0.217. The molecule has 0 radical (unpaired) electrons. The maximum absolute atomic E-state index is 11.8. The first-order valence-corrected chi connectivity index (χ1v) is 7.86. The van der Waals surface area contributed by atoms with Crippen LogP contribution in [0.5, 0.6) is 5.75 Å². The molecule has 114 valence electrons. The van der Waals surface area contributed by atoms with E-state index in [1.807, 2.05) is 12.3 Å². The van der Waals surface area contributed by atoms with Gasteiger partial charge < -0.3 is 4.74 Å². The molecule has 0 aliphatic carbocycles. The number of hydrogen-bond donors (Lipinski definition) is 1. The van der Waals surface area contributed by atoms with Gasteiger partial charge >= 0.3 is 0 Å². The van der Waals surface area contributed by atoms with E-state index in [9.17, 15) is 4.79 Å². The first-order chi connectivity index (χ1) is 10.6. The van der Waals surface area contributed by atoms with Crippen molar-refractivity contribution in [1.82, 2.24) is 14.6 Å². The van der Waals surface area contributed by atoms with Gasteiger partial charge in [-0.1, -0.05) is 11.6 Å². The van der Waals surface area contributed by atoms with Crippen LogP contribution in [-0.4, -0.2) is 27.1 Å². The van der Waals surface area contributed by atoms with E-state index < -0.39 is 0 Å². The monoisotopic (exact) mass is 336 g/mol. The number of rotatable bonds is 5. The third kappa shape index (κ3) is 3.37. The number of aromatic nitrogens is 3. The quantitative estimate of drug-likeness (QED) is 0.777. The largest absolute Gasteiger partial charge is 0.493 e. The molecule has 0 bridgehead atoms. The van der Waals surface area contributed by atoms with E-state index in [4.69, 9.17) is 16.3 Å². The summed E-state index contributed by atoms with van der Waals surface area (Å²) in [4.78, 5) is 16.8. The summed E-state index contributed by atoms with van der Waals surface area (Å²) in [5.74, 6) is 0.796. The maximum atomic E-state index is 11.8. The Balaban J connectivity index is 1.50. The number of nitrogens with one attached hydrogen (secondary N) is 1. The Labute approximate surface area is 135 Å². The van der Waals surface area contributed by atoms with E-state index in [0.717, 1.165) is 10.7 Å². The van der Waals surface area contributed by atoms with Crippen LogP contribution >= 0.6 is 22.9 Å². The summed E-state index contributed by atoms with van der Waals surface area (Å²) < 4.78 is 7.17. The van der Waals surface area contributed by atoms with E-state index in [0.29, 0.717) is 16.7 Å². The molecule has 1 amide bonds. The summed E-state index contributed by atoms with van der Waals surface area (Å²) in [6.45, 7) is 2.21. The van der Waals surface area contributed by atoms with Crippen molar-refractivity contribution in [3.05, 3.63) is 40.4 Å². The van der Waals surface area contributed by atoms with Gasteiger partial charge in [0.1, 0.15) is 5.75 Å². The number of benzene rings is 1. The number of aryl methyl sites for hydroxylation is 1. The zero-order valence-corrected chi connectivity index (χ0v) is 13.3. The molecular formula is C14H13ClN4O2S. The van der Waals surface area contributed by atoms with Crippen molar-refractivity contribution >= 4 is 39.8 Å². The number of halogens is 1. The molecule has 8 heteroatoms. The number of carbonyl (C=O) groups is 1. The van der Waals surface area contributed by atoms with E-state index in [1.165, 1.54) is 11.3 Å². The Morgan fingerprint density at radius 2 is 2.18 bits per heavy atom. The summed E-state index contributed by atoms with van der Waals surface area (Å²) in [7, 11) is 0. The molecule has 6 nitrogen and oxygen atoms in total. The average Bonchev–Trinajstić information content (AvgIpc) is 3.03. The molecule has 0 saturated carbocycles. The second kappa shape index (κ2) is 6.33. The first kappa shape index (κ1) is 14.8. The number of fused-ring (bicyclic) bond motifs is 1. The van der Waals surface area contributed by atoms with Crippen molar-refractivity contribution in [3.8, 4) is 5.75 Å². The van der Waals surface area contributed by atoms with Crippen LogP contribution in [0.3, 0.4) is 0 Å². The molecule has 0 saturated heterocycles. The van der Waals surface area contributed by atoms with Gasteiger partial charge in [0.15, 0.2) is 0 Å².